The molecule has 160 valence electrons. The van der Waals surface area contributed by atoms with Gasteiger partial charge in [-0.15, -0.1) is 0 Å². The van der Waals surface area contributed by atoms with E-state index in [1.54, 1.807) is 29.7 Å². The first-order valence-electron chi connectivity index (χ1n) is 9.84. The summed E-state index contributed by atoms with van der Waals surface area (Å²) in [6, 6.07) is 12.7. The molecule has 2 N–H and O–H groups in total. The van der Waals surface area contributed by atoms with Crippen molar-refractivity contribution in [3.05, 3.63) is 89.1 Å². The van der Waals surface area contributed by atoms with Gasteiger partial charge >= 0.3 is 5.97 Å². The first-order chi connectivity index (χ1) is 15.1. The minimum Gasteiger partial charge on any atom is -0.480 e. The number of pyridine rings is 1. The zero-order valence-electron chi connectivity index (χ0n) is 17.2. The van der Waals surface area contributed by atoms with Gasteiger partial charge in [-0.25, -0.2) is 4.79 Å². The molecule has 1 amide bonds. The zero-order valence-corrected chi connectivity index (χ0v) is 18.8. The van der Waals surface area contributed by atoms with Gasteiger partial charge in [0.15, 0.2) is 0 Å². The Morgan fingerprint density at radius 1 is 1.23 bits per heavy atom. The van der Waals surface area contributed by atoms with Crippen molar-refractivity contribution >= 4 is 41.0 Å². The van der Waals surface area contributed by atoms with Gasteiger partial charge in [-0.1, -0.05) is 48.2 Å². The quantitative estimate of drug-likeness (QED) is 0.533. The molecule has 1 aliphatic rings. The van der Waals surface area contributed by atoms with Crippen molar-refractivity contribution in [3.63, 3.8) is 0 Å². The van der Waals surface area contributed by atoms with Crippen LogP contribution in [0.1, 0.15) is 18.4 Å². The minimum atomic E-state index is -1.02. The van der Waals surface area contributed by atoms with Crippen LogP contribution >= 0.6 is 23.5 Å². The third-order valence-corrected chi connectivity index (χ3v) is 6.26. The Morgan fingerprint density at radius 3 is 2.71 bits per heavy atom. The molecule has 31 heavy (non-hydrogen) atoms. The summed E-state index contributed by atoms with van der Waals surface area (Å²) < 4.78 is 0. The summed E-state index contributed by atoms with van der Waals surface area (Å²) >= 11 is 3.13. The van der Waals surface area contributed by atoms with Gasteiger partial charge in [0.05, 0.1) is 0 Å². The summed E-state index contributed by atoms with van der Waals surface area (Å²) in [6.45, 7) is 0. The van der Waals surface area contributed by atoms with E-state index in [0.717, 1.165) is 21.6 Å². The van der Waals surface area contributed by atoms with E-state index in [4.69, 9.17) is 0 Å². The second kappa shape index (κ2) is 11.6. The lowest BCUT2D eigenvalue weighted by Crippen LogP contribution is -2.42. The lowest BCUT2D eigenvalue weighted by molar-refractivity contribution is -0.141. The predicted molar refractivity (Wildman–Crippen MR) is 128 cm³/mol. The van der Waals surface area contributed by atoms with Crippen molar-refractivity contribution in [2.45, 2.75) is 23.8 Å². The topological polar surface area (TPSA) is 79.3 Å². The summed E-state index contributed by atoms with van der Waals surface area (Å²) in [5.74, 6) is -0.712. The first kappa shape index (κ1) is 22.9. The summed E-state index contributed by atoms with van der Waals surface area (Å²) in [5.41, 5.74) is 3.28. The molecule has 0 saturated carbocycles. The van der Waals surface area contributed by atoms with Crippen molar-refractivity contribution in [2.75, 3.05) is 12.0 Å². The number of rotatable bonds is 9. The van der Waals surface area contributed by atoms with Crippen molar-refractivity contribution in [3.8, 4) is 0 Å². The van der Waals surface area contributed by atoms with Gasteiger partial charge in [-0.2, -0.15) is 11.8 Å². The molecule has 7 heteroatoms. The molecule has 2 aromatic rings. The van der Waals surface area contributed by atoms with Gasteiger partial charge < -0.3 is 10.4 Å². The second-order valence-corrected chi connectivity index (χ2v) is 8.82. The Kier molecular flexibility index (Phi) is 8.55. The van der Waals surface area contributed by atoms with Crippen LogP contribution in [0.4, 0.5) is 0 Å². The maximum atomic E-state index is 13.0. The van der Waals surface area contributed by atoms with Crippen molar-refractivity contribution in [2.24, 2.45) is 0 Å². The predicted octanol–water partition coefficient (Wildman–Crippen LogP) is 4.79. The lowest BCUT2D eigenvalue weighted by atomic mass is 9.89. The van der Waals surface area contributed by atoms with Crippen LogP contribution in [0.5, 0.6) is 0 Å². The van der Waals surface area contributed by atoms with Gasteiger partial charge in [0, 0.05) is 22.9 Å². The van der Waals surface area contributed by atoms with Crippen LogP contribution in [0.2, 0.25) is 0 Å². The molecule has 0 bridgehead atoms. The van der Waals surface area contributed by atoms with E-state index in [0.29, 0.717) is 24.2 Å². The van der Waals surface area contributed by atoms with Crippen LogP contribution in [0.3, 0.4) is 0 Å². The number of hydrogen-bond acceptors (Lipinski definition) is 5. The number of amides is 1. The number of carboxylic acids is 1. The molecule has 0 saturated heterocycles. The van der Waals surface area contributed by atoms with E-state index in [1.165, 1.54) is 0 Å². The number of hydrogen-bond donors (Lipinski definition) is 2. The Labute approximate surface area is 190 Å². The molecule has 0 radical (unpaired) electrons. The van der Waals surface area contributed by atoms with Crippen molar-refractivity contribution in [1.82, 2.24) is 10.3 Å². The fourth-order valence-corrected chi connectivity index (χ4v) is 4.30. The number of nitrogens with one attached hydrogen (secondary N) is 1. The largest absolute Gasteiger partial charge is 0.480 e. The number of carboxylic acid groups (broad SMARTS) is 1. The van der Waals surface area contributed by atoms with E-state index in [9.17, 15) is 14.7 Å². The number of carbonyl (C=O) groups excluding carboxylic acids is 1. The number of thioether (sulfide) groups is 2. The molecule has 1 aromatic carbocycles. The van der Waals surface area contributed by atoms with Crippen LogP contribution < -0.4 is 5.32 Å². The molecule has 0 aliphatic heterocycles. The Bertz CT molecular complexity index is 1000. The molecule has 3 rings (SSSR count). The van der Waals surface area contributed by atoms with E-state index in [-0.39, 0.29) is 5.91 Å². The Balaban J connectivity index is 1.84. The number of benzene rings is 1. The van der Waals surface area contributed by atoms with Crippen LogP contribution in [-0.4, -0.2) is 40.0 Å². The summed E-state index contributed by atoms with van der Waals surface area (Å²) in [4.78, 5) is 29.8. The SMILES string of the molecule is CSCC[C@H](NC(=O)C1=CCC(=CSc2cccnc2)C=C1c1ccccc1)C(=O)O. The highest BCUT2D eigenvalue weighted by atomic mass is 32.2. The van der Waals surface area contributed by atoms with E-state index in [1.807, 2.05) is 67.1 Å². The molecule has 0 spiro atoms. The lowest BCUT2D eigenvalue weighted by Gasteiger charge is -2.20. The highest BCUT2D eigenvalue weighted by Crippen LogP contribution is 2.33. The molecular formula is C24H24N2O3S2. The molecule has 5 nitrogen and oxygen atoms in total. The number of carbonyl (C=O) groups is 2. The number of aliphatic carboxylic acids is 1. The summed E-state index contributed by atoms with van der Waals surface area (Å²) in [7, 11) is 0. The molecule has 1 heterocycles. The summed E-state index contributed by atoms with van der Waals surface area (Å²) in [6.07, 6.45) is 10.3. The van der Waals surface area contributed by atoms with Gasteiger partial charge in [0.1, 0.15) is 6.04 Å². The fraction of sp³-hybridized carbons (Fsp3) is 0.208. The second-order valence-electron chi connectivity index (χ2n) is 6.89. The highest BCUT2D eigenvalue weighted by Gasteiger charge is 2.25. The van der Waals surface area contributed by atoms with Gasteiger partial charge in [-0.05, 0) is 65.2 Å². The number of aromatic nitrogens is 1. The van der Waals surface area contributed by atoms with Crippen molar-refractivity contribution < 1.29 is 14.7 Å². The van der Waals surface area contributed by atoms with Gasteiger partial charge in [0.25, 0.3) is 5.91 Å². The standard InChI is InChI=1S/C24H24N2O3S2/c1-30-13-11-22(24(28)29)26-23(27)20-10-9-17(16-31-19-8-5-12-25-15-19)14-21(20)18-6-3-2-4-7-18/h2-8,10,12,14-16,22H,9,11,13H2,1H3,(H,26,27)(H,28,29)/t22-/m0/s1. The molecular weight excluding hydrogens is 428 g/mol. The monoisotopic (exact) mass is 452 g/mol. The maximum Gasteiger partial charge on any atom is 0.326 e. The molecule has 0 fully saturated rings. The first-order valence-corrected chi connectivity index (χ1v) is 12.1. The van der Waals surface area contributed by atoms with Crippen LogP contribution in [0, 0.1) is 0 Å². The number of nitrogens with zero attached hydrogens (tertiary/aromatic N) is 1. The van der Waals surface area contributed by atoms with Gasteiger partial charge in [0.2, 0.25) is 0 Å². The number of allylic oxidation sites excluding steroid dienone is 3. The summed E-state index contributed by atoms with van der Waals surface area (Å²) in [5, 5.41) is 14.2. The Morgan fingerprint density at radius 2 is 2.03 bits per heavy atom. The third-order valence-electron chi connectivity index (χ3n) is 4.69. The average molecular weight is 453 g/mol. The minimum absolute atomic E-state index is 0.359. The van der Waals surface area contributed by atoms with E-state index < -0.39 is 12.0 Å². The zero-order chi connectivity index (χ0) is 22.1. The highest BCUT2D eigenvalue weighted by molar-refractivity contribution is 8.02. The average Bonchev–Trinajstić information content (AvgIpc) is 2.81. The van der Waals surface area contributed by atoms with Crippen molar-refractivity contribution in [1.29, 1.82) is 0 Å². The van der Waals surface area contributed by atoms with Crippen LogP contribution in [0.15, 0.2) is 88.5 Å². The molecule has 0 unspecified atom stereocenters. The van der Waals surface area contributed by atoms with E-state index >= 15 is 0 Å². The maximum absolute atomic E-state index is 13.0. The van der Waals surface area contributed by atoms with E-state index in [2.05, 4.69) is 15.7 Å². The normalized spacial score (nSPS) is 15.7. The molecule has 1 aromatic heterocycles. The molecule has 1 atom stereocenters. The smallest absolute Gasteiger partial charge is 0.326 e. The Hall–Kier alpha value is -2.77. The van der Waals surface area contributed by atoms with Crippen LogP contribution in [-0.2, 0) is 9.59 Å². The van der Waals surface area contributed by atoms with Gasteiger partial charge in [-0.3, -0.25) is 9.78 Å². The molecule has 1 aliphatic carbocycles. The van der Waals surface area contributed by atoms with Crippen LogP contribution in [0.25, 0.3) is 5.57 Å². The third kappa shape index (κ3) is 6.60. The fourth-order valence-electron chi connectivity index (χ4n) is 3.10.